The fraction of sp³-hybridized carbons (Fsp3) is 0. The molecule has 0 saturated carbocycles. The molecule has 0 spiro atoms. The van der Waals surface area contributed by atoms with Crippen LogP contribution in [-0.2, 0) is 0 Å². The van der Waals surface area contributed by atoms with Gasteiger partial charge in [0.15, 0.2) is 4.96 Å². The summed E-state index contributed by atoms with van der Waals surface area (Å²) < 4.78 is 1.72. The number of nitro benzene ring substituents is 1. The van der Waals surface area contributed by atoms with Crippen LogP contribution in [0.2, 0.25) is 0 Å². The van der Waals surface area contributed by atoms with Crippen LogP contribution in [0.4, 0.5) is 11.4 Å². The largest absolute Gasteiger partial charge is 0.320 e. The molecule has 0 radical (unpaired) electrons. The molecule has 0 aliphatic rings. The Morgan fingerprint density at radius 2 is 1.96 bits per heavy atom. The molecule has 2 aromatic heterocycles. The van der Waals surface area contributed by atoms with Gasteiger partial charge in [0.25, 0.3) is 11.6 Å². The van der Waals surface area contributed by atoms with Crippen molar-refractivity contribution in [1.29, 1.82) is 0 Å². The molecule has 4 aromatic rings. The lowest BCUT2D eigenvalue weighted by Crippen LogP contribution is -2.13. The number of rotatable bonds is 4. The Bertz CT molecular complexity index is 1120. The summed E-state index contributed by atoms with van der Waals surface area (Å²) in [7, 11) is 0. The average Bonchev–Trinajstić information content (AvgIpc) is 3.23. The monoisotopic (exact) mass is 364 g/mol. The van der Waals surface area contributed by atoms with E-state index in [1.807, 2.05) is 36.5 Å². The second-order valence-corrected chi connectivity index (χ2v) is 6.36. The van der Waals surface area contributed by atoms with E-state index in [1.54, 1.807) is 15.8 Å². The van der Waals surface area contributed by atoms with Crippen molar-refractivity contribution >= 4 is 33.6 Å². The summed E-state index contributed by atoms with van der Waals surface area (Å²) in [5, 5.41) is 15.3. The lowest BCUT2D eigenvalue weighted by molar-refractivity contribution is -0.384. The van der Waals surface area contributed by atoms with Crippen molar-refractivity contribution in [2.45, 2.75) is 0 Å². The molecular weight excluding hydrogens is 352 g/mol. The highest BCUT2D eigenvalue weighted by Crippen LogP contribution is 2.24. The standard InChI is InChI=1S/C18H12N4O3S/c23-17(19-13-7-4-8-14(9-13)22(24)25)16-11-26-18-20-15(10-21(16)18)12-5-2-1-3-6-12/h1-11H,(H,19,23). The molecule has 0 unspecified atom stereocenters. The van der Waals surface area contributed by atoms with Crippen molar-refractivity contribution < 1.29 is 9.72 Å². The quantitative estimate of drug-likeness (QED) is 0.433. The minimum Gasteiger partial charge on any atom is -0.320 e. The van der Waals surface area contributed by atoms with Gasteiger partial charge in [-0.3, -0.25) is 19.3 Å². The smallest absolute Gasteiger partial charge is 0.273 e. The summed E-state index contributed by atoms with van der Waals surface area (Å²) in [6.07, 6.45) is 1.81. The molecule has 2 aromatic carbocycles. The molecule has 26 heavy (non-hydrogen) atoms. The van der Waals surface area contributed by atoms with Crippen LogP contribution in [0.15, 0.2) is 66.2 Å². The third kappa shape index (κ3) is 2.93. The maximum atomic E-state index is 12.6. The molecule has 1 amide bonds. The SMILES string of the molecule is O=C(Nc1cccc([N+](=O)[O-])c1)c1csc2nc(-c3ccccc3)cn12. The van der Waals surface area contributed by atoms with Crippen molar-refractivity contribution in [3.8, 4) is 11.3 Å². The molecule has 0 aliphatic carbocycles. The zero-order chi connectivity index (χ0) is 18.1. The van der Waals surface area contributed by atoms with Gasteiger partial charge in [-0.25, -0.2) is 4.98 Å². The average molecular weight is 364 g/mol. The summed E-state index contributed by atoms with van der Waals surface area (Å²) >= 11 is 1.36. The molecule has 1 N–H and O–H groups in total. The van der Waals surface area contributed by atoms with Gasteiger partial charge in [-0.05, 0) is 6.07 Å². The van der Waals surface area contributed by atoms with E-state index < -0.39 is 4.92 Å². The van der Waals surface area contributed by atoms with E-state index in [-0.39, 0.29) is 11.6 Å². The van der Waals surface area contributed by atoms with E-state index >= 15 is 0 Å². The van der Waals surface area contributed by atoms with Crippen molar-refractivity contribution in [3.05, 3.63) is 82.0 Å². The van der Waals surface area contributed by atoms with E-state index in [9.17, 15) is 14.9 Å². The number of hydrogen-bond acceptors (Lipinski definition) is 5. The molecule has 0 saturated heterocycles. The molecule has 2 heterocycles. The van der Waals surface area contributed by atoms with Crippen molar-refractivity contribution in [2.24, 2.45) is 0 Å². The van der Waals surface area contributed by atoms with Crippen LogP contribution in [0.1, 0.15) is 10.5 Å². The first-order chi connectivity index (χ1) is 12.6. The predicted molar refractivity (Wildman–Crippen MR) is 99.6 cm³/mol. The highest BCUT2D eigenvalue weighted by molar-refractivity contribution is 7.15. The maximum Gasteiger partial charge on any atom is 0.273 e. The number of thiazole rings is 1. The Hall–Kier alpha value is -3.52. The van der Waals surface area contributed by atoms with E-state index in [0.717, 1.165) is 11.3 Å². The van der Waals surface area contributed by atoms with Crippen molar-refractivity contribution in [2.75, 3.05) is 5.32 Å². The highest BCUT2D eigenvalue weighted by atomic mass is 32.1. The van der Waals surface area contributed by atoms with Gasteiger partial charge in [-0.2, -0.15) is 0 Å². The molecule has 0 aliphatic heterocycles. The van der Waals surface area contributed by atoms with Crippen molar-refractivity contribution in [3.63, 3.8) is 0 Å². The number of amides is 1. The van der Waals surface area contributed by atoms with Crippen LogP contribution in [-0.4, -0.2) is 20.2 Å². The number of nitrogens with zero attached hydrogens (tertiary/aromatic N) is 3. The zero-order valence-corrected chi connectivity index (χ0v) is 14.1. The van der Waals surface area contributed by atoms with E-state index in [1.165, 1.54) is 29.5 Å². The third-order valence-corrected chi connectivity index (χ3v) is 4.67. The van der Waals surface area contributed by atoms with Crippen LogP contribution >= 0.6 is 11.3 Å². The second kappa shape index (κ2) is 6.41. The van der Waals surface area contributed by atoms with Gasteiger partial charge in [0.1, 0.15) is 5.69 Å². The number of imidazole rings is 1. The number of non-ortho nitro benzene ring substituents is 1. The number of anilines is 1. The van der Waals surface area contributed by atoms with Crippen LogP contribution in [0.3, 0.4) is 0 Å². The normalized spacial score (nSPS) is 10.8. The summed E-state index contributed by atoms with van der Waals surface area (Å²) in [5.41, 5.74) is 2.46. The Balaban J connectivity index is 1.64. The third-order valence-electron chi connectivity index (χ3n) is 3.83. The number of carbonyl (C=O) groups excluding carboxylic acids is 1. The van der Waals surface area contributed by atoms with Gasteiger partial charge >= 0.3 is 0 Å². The molecule has 0 bridgehead atoms. The number of hydrogen-bond donors (Lipinski definition) is 1. The van der Waals surface area contributed by atoms with E-state index in [4.69, 9.17) is 0 Å². The van der Waals surface area contributed by atoms with E-state index in [2.05, 4.69) is 10.3 Å². The van der Waals surface area contributed by atoms with Gasteiger partial charge in [-0.1, -0.05) is 36.4 Å². The number of carbonyl (C=O) groups is 1. The van der Waals surface area contributed by atoms with Crippen molar-refractivity contribution in [1.82, 2.24) is 9.38 Å². The number of nitrogens with one attached hydrogen (secondary N) is 1. The molecule has 128 valence electrons. The van der Waals surface area contributed by atoms with Gasteiger partial charge in [-0.15, -0.1) is 11.3 Å². The lowest BCUT2D eigenvalue weighted by atomic mass is 10.2. The Morgan fingerprint density at radius 3 is 2.73 bits per heavy atom. The van der Waals surface area contributed by atoms with E-state index in [0.29, 0.717) is 16.3 Å². The number of fused-ring (bicyclic) bond motifs is 1. The van der Waals surface area contributed by atoms with Crippen LogP contribution in [0.5, 0.6) is 0 Å². The van der Waals surface area contributed by atoms with Gasteiger partial charge in [0.2, 0.25) is 0 Å². The predicted octanol–water partition coefficient (Wildman–Crippen LogP) is 4.22. The highest BCUT2D eigenvalue weighted by Gasteiger charge is 2.16. The lowest BCUT2D eigenvalue weighted by Gasteiger charge is -2.04. The number of aromatic nitrogens is 2. The number of nitro groups is 1. The van der Waals surface area contributed by atoms with Gasteiger partial charge in [0, 0.05) is 35.0 Å². The fourth-order valence-electron chi connectivity index (χ4n) is 2.59. The zero-order valence-electron chi connectivity index (χ0n) is 13.3. The summed E-state index contributed by atoms with van der Waals surface area (Å²) in [5.74, 6) is -0.353. The first-order valence-corrected chi connectivity index (χ1v) is 8.57. The first kappa shape index (κ1) is 16.0. The Morgan fingerprint density at radius 1 is 1.15 bits per heavy atom. The summed E-state index contributed by atoms with van der Waals surface area (Å²) in [4.78, 5) is 28.2. The van der Waals surface area contributed by atoms with Crippen LogP contribution < -0.4 is 5.32 Å². The molecule has 0 atom stereocenters. The molecule has 8 heteroatoms. The second-order valence-electron chi connectivity index (χ2n) is 5.53. The van der Waals surface area contributed by atoms with Crippen LogP contribution in [0.25, 0.3) is 16.2 Å². The van der Waals surface area contributed by atoms with Gasteiger partial charge < -0.3 is 5.32 Å². The Labute approximate surface area is 151 Å². The molecule has 0 fully saturated rings. The topological polar surface area (TPSA) is 89.5 Å². The fourth-order valence-corrected chi connectivity index (χ4v) is 3.44. The van der Waals surface area contributed by atoms with Crippen LogP contribution in [0, 0.1) is 10.1 Å². The molecular formula is C18H12N4O3S. The maximum absolute atomic E-state index is 12.6. The molecule has 4 rings (SSSR count). The first-order valence-electron chi connectivity index (χ1n) is 7.69. The van der Waals surface area contributed by atoms with Gasteiger partial charge in [0.05, 0.1) is 10.6 Å². The Kier molecular flexibility index (Phi) is 3.94. The summed E-state index contributed by atoms with van der Waals surface area (Å²) in [6.45, 7) is 0. The molecule has 7 nitrogen and oxygen atoms in total. The minimum atomic E-state index is -0.500. The minimum absolute atomic E-state index is 0.0766. The number of benzene rings is 2. The summed E-state index contributed by atoms with van der Waals surface area (Å²) in [6, 6.07) is 15.5.